The number of carbonyl (C=O) groups excluding carboxylic acids is 2. The lowest BCUT2D eigenvalue weighted by Crippen LogP contribution is -2.31. The number of non-ortho nitro benzene ring substituents is 1. The lowest BCUT2D eigenvalue weighted by Gasteiger charge is -2.17. The minimum Gasteiger partial charge on any atom is -0.384 e. The Morgan fingerprint density at radius 3 is 2.04 bits per heavy atom. The molecule has 0 radical (unpaired) electrons. The average Bonchev–Trinajstić information content (AvgIpc) is 2.75. The minimum atomic E-state index is -1.01. The van der Waals surface area contributed by atoms with Crippen LogP contribution in [0.1, 0.15) is 20.7 Å². The molecule has 3 aromatic carbocycles. The van der Waals surface area contributed by atoms with Crippen LogP contribution in [0.4, 0.5) is 11.4 Å². The maximum Gasteiger partial charge on any atom is 0.270 e. The Morgan fingerprint density at radius 1 is 0.821 bits per heavy atom. The molecule has 3 aromatic rings. The van der Waals surface area contributed by atoms with Crippen LogP contribution in [0.5, 0.6) is 0 Å². The molecule has 0 amide bonds. The predicted molar refractivity (Wildman–Crippen MR) is 107 cm³/mol. The molecule has 1 N–H and O–H groups in total. The fourth-order valence-corrected chi connectivity index (χ4v) is 2.86. The Balaban J connectivity index is 1.90. The first-order valence-corrected chi connectivity index (χ1v) is 8.73. The van der Waals surface area contributed by atoms with Crippen LogP contribution in [-0.4, -0.2) is 23.0 Å². The van der Waals surface area contributed by atoms with Gasteiger partial charge in [-0.15, -0.1) is 0 Å². The van der Waals surface area contributed by atoms with Gasteiger partial charge in [0.25, 0.3) is 5.69 Å². The van der Waals surface area contributed by atoms with Gasteiger partial charge in [-0.05, 0) is 12.1 Å². The highest BCUT2D eigenvalue weighted by atomic mass is 16.6. The number of carbonyl (C=O) groups is 2. The molecule has 140 valence electrons. The molecule has 0 aromatic heterocycles. The zero-order chi connectivity index (χ0) is 19.9. The van der Waals surface area contributed by atoms with Gasteiger partial charge in [0.2, 0.25) is 0 Å². The molecule has 0 spiro atoms. The molecule has 0 aliphatic carbocycles. The van der Waals surface area contributed by atoms with Crippen LogP contribution in [0.15, 0.2) is 84.9 Å². The number of nitrogens with zero attached hydrogens (tertiary/aromatic N) is 1. The van der Waals surface area contributed by atoms with E-state index in [2.05, 4.69) is 5.32 Å². The lowest BCUT2D eigenvalue weighted by atomic mass is 9.89. The van der Waals surface area contributed by atoms with E-state index in [1.165, 1.54) is 24.3 Å². The molecule has 0 saturated heterocycles. The van der Waals surface area contributed by atoms with Gasteiger partial charge in [0.1, 0.15) is 5.92 Å². The van der Waals surface area contributed by atoms with Crippen LogP contribution in [0, 0.1) is 16.0 Å². The maximum atomic E-state index is 13.1. The Bertz CT molecular complexity index is 988. The number of hydrogen-bond donors (Lipinski definition) is 1. The summed E-state index contributed by atoms with van der Waals surface area (Å²) in [5.74, 6) is -1.80. The molecule has 0 aliphatic heterocycles. The van der Waals surface area contributed by atoms with Crippen LogP contribution in [0.25, 0.3) is 0 Å². The third-order valence-corrected chi connectivity index (χ3v) is 4.32. The quantitative estimate of drug-likeness (QED) is 0.273. The molecule has 1 unspecified atom stereocenters. The second-order valence-electron chi connectivity index (χ2n) is 6.20. The van der Waals surface area contributed by atoms with E-state index < -0.39 is 16.6 Å². The number of Topliss-reactive ketones (excluding diaryl/α,β-unsaturated/α-hetero) is 2. The SMILES string of the molecule is O=C(c1ccccc1)C(CNc1ccccc1)C(=O)c1cccc([N+](=O)[O-])c1. The van der Waals surface area contributed by atoms with Gasteiger partial charge in [-0.1, -0.05) is 60.7 Å². The average molecular weight is 374 g/mol. The lowest BCUT2D eigenvalue weighted by molar-refractivity contribution is -0.384. The van der Waals surface area contributed by atoms with E-state index >= 15 is 0 Å². The molecule has 28 heavy (non-hydrogen) atoms. The summed E-state index contributed by atoms with van der Waals surface area (Å²) < 4.78 is 0. The van der Waals surface area contributed by atoms with E-state index in [0.717, 1.165) is 5.69 Å². The molecule has 0 fully saturated rings. The van der Waals surface area contributed by atoms with Crippen LogP contribution in [0.3, 0.4) is 0 Å². The molecule has 3 rings (SSSR count). The summed E-state index contributed by atoms with van der Waals surface area (Å²) in [4.78, 5) is 36.5. The van der Waals surface area contributed by atoms with Crippen molar-refractivity contribution in [3.63, 3.8) is 0 Å². The van der Waals surface area contributed by atoms with Crippen LogP contribution in [-0.2, 0) is 0 Å². The Kier molecular flexibility index (Phi) is 5.91. The molecule has 6 heteroatoms. The molecule has 1 atom stereocenters. The number of benzene rings is 3. The summed E-state index contributed by atoms with van der Waals surface area (Å²) in [5.41, 5.74) is 1.15. The molecule has 6 nitrogen and oxygen atoms in total. The molecular weight excluding hydrogens is 356 g/mol. The van der Waals surface area contributed by atoms with Crippen molar-refractivity contribution < 1.29 is 14.5 Å². The summed E-state index contributed by atoms with van der Waals surface area (Å²) in [6.07, 6.45) is 0. The molecule has 0 aliphatic rings. The van der Waals surface area contributed by atoms with Crippen molar-refractivity contribution in [3.8, 4) is 0 Å². The topological polar surface area (TPSA) is 89.3 Å². The normalized spacial score (nSPS) is 11.4. The second-order valence-corrected chi connectivity index (χ2v) is 6.20. The second kappa shape index (κ2) is 8.73. The summed E-state index contributed by atoms with van der Waals surface area (Å²) in [7, 11) is 0. The van der Waals surface area contributed by atoms with Crippen molar-refractivity contribution in [2.45, 2.75) is 0 Å². The number of nitrogens with one attached hydrogen (secondary N) is 1. The van der Waals surface area contributed by atoms with Crippen molar-refractivity contribution in [1.29, 1.82) is 0 Å². The Hall–Kier alpha value is -3.80. The van der Waals surface area contributed by atoms with Crippen molar-refractivity contribution in [2.24, 2.45) is 5.92 Å². The number of nitro groups is 1. The first-order valence-electron chi connectivity index (χ1n) is 8.73. The first kappa shape index (κ1) is 19.0. The highest BCUT2D eigenvalue weighted by Crippen LogP contribution is 2.20. The van der Waals surface area contributed by atoms with Crippen molar-refractivity contribution in [2.75, 3.05) is 11.9 Å². The van der Waals surface area contributed by atoms with Crippen molar-refractivity contribution in [3.05, 3.63) is 106 Å². The molecule has 0 saturated carbocycles. The fraction of sp³-hybridized carbons (Fsp3) is 0.0909. The van der Waals surface area contributed by atoms with Gasteiger partial charge in [-0.25, -0.2) is 0 Å². The number of para-hydroxylation sites is 1. The summed E-state index contributed by atoms with van der Waals surface area (Å²) in [6.45, 7) is 0.0826. The number of rotatable bonds is 8. The van der Waals surface area contributed by atoms with Crippen LogP contribution < -0.4 is 5.32 Å². The van der Waals surface area contributed by atoms with Crippen molar-refractivity contribution in [1.82, 2.24) is 0 Å². The minimum absolute atomic E-state index is 0.0826. The maximum absolute atomic E-state index is 13.1. The summed E-state index contributed by atoms with van der Waals surface area (Å²) in [6, 6.07) is 23.2. The zero-order valence-electron chi connectivity index (χ0n) is 14.9. The zero-order valence-corrected chi connectivity index (χ0v) is 14.9. The van der Waals surface area contributed by atoms with Gasteiger partial charge in [-0.3, -0.25) is 19.7 Å². The largest absolute Gasteiger partial charge is 0.384 e. The van der Waals surface area contributed by atoms with Crippen molar-refractivity contribution >= 4 is 22.9 Å². The van der Waals surface area contributed by atoms with E-state index in [1.54, 1.807) is 30.3 Å². The third-order valence-electron chi connectivity index (χ3n) is 4.32. The summed E-state index contributed by atoms with van der Waals surface area (Å²) in [5, 5.41) is 14.1. The fourth-order valence-electron chi connectivity index (χ4n) is 2.86. The molecule has 0 heterocycles. The molecular formula is C22H18N2O4. The number of anilines is 1. The molecule has 0 bridgehead atoms. The summed E-state index contributed by atoms with van der Waals surface area (Å²) >= 11 is 0. The van der Waals surface area contributed by atoms with Gasteiger partial charge in [0.05, 0.1) is 4.92 Å². The van der Waals surface area contributed by atoms with E-state index in [1.807, 2.05) is 30.3 Å². The van der Waals surface area contributed by atoms with E-state index in [0.29, 0.717) is 5.56 Å². The van der Waals surface area contributed by atoms with E-state index in [4.69, 9.17) is 0 Å². The monoisotopic (exact) mass is 374 g/mol. The van der Waals surface area contributed by atoms with Crippen LogP contribution in [0.2, 0.25) is 0 Å². The highest BCUT2D eigenvalue weighted by Gasteiger charge is 2.29. The van der Waals surface area contributed by atoms with E-state index in [9.17, 15) is 19.7 Å². The Morgan fingerprint density at radius 2 is 1.39 bits per heavy atom. The predicted octanol–water partition coefficient (Wildman–Crippen LogP) is 4.39. The van der Waals surface area contributed by atoms with Crippen LogP contribution >= 0.6 is 0 Å². The van der Waals surface area contributed by atoms with Gasteiger partial charge in [-0.2, -0.15) is 0 Å². The van der Waals surface area contributed by atoms with Gasteiger partial charge < -0.3 is 5.32 Å². The van der Waals surface area contributed by atoms with Gasteiger partial charge in [0, 0.05) is 35.5 Å². The van der Waals surface area contributed by atoms with Gasteiger partial charge in [0.15, 0.2) is 11.6 Å². The number of nitro benzene ring substituents is 1. The standard InChI is InChI=1S/C22H18N2O4/c25-21(16-8-3-1-4-9-16)20(15-23-18-11-5-2-6-12-18)22(26)17-10-7-13-19(14-17)24(27)28/h1-14,20,23H,15H2. The Labute approximate surface area is 162 Å². The smallest absolute Gasteiger partial charge is 0.270 e. The number of hydrogen-bond acceptors (Lipinski definition) is 5. The third kappa shape index (κ3) is 4.48. The first-order chi connectivity index (χ1) is 13.6. The van der Waals surface area contributed by atoms with E-state index in [-0.39, 0.29) is 23.6 Å². The van der Waals surface area contributed by atoms with Gasteiger partial charge >= 0.3 is 0 Å². The number of ketones is 2. The highest BCUT2D eigenvalue weighted by molar-refractivity contribution is 6.16.